The van der Waals surface area contributed by atoms with Gasteiger partial charge in [-0.3, -0.25) is 4.98 Å². The van der Waals surface area contributed by atoms with E-state index in [9.17, 15) is 0 Å². The van der Waals surface area contributed by atoms with Crippen LogP contribution < -0.4 is 5.73 Å². The Morgan fingerprint density at radius 3 is 2.82 bits per heavy atom. The molecule has 2 N–H and O–H groups in total. The SMILES string of the molecule is Cc1nc(CC(C)N)cc(-c2cccnc2)n1. The molecule has 0 saturated carbocycles. The highest BCUT2D eigenvalue weighted by atomic mass is 14.9. The number of hydrogen-bond donors (Lipinski definition) is 1. The van der Waals surface area contributed by atoms with Crippen LogP contribution in [0.5, 0.6) is 0 Å². The van der Waals surface area contributed by atoms with E-state index in [0.717, 1.165) is 29.2 Å². The van der Waals surface area contributed by atoms with Gasteiger partial charge in [-0.2, -0.15) is 0 Å². The highest BCUT2D eigenvalue weighted by molar-refractivity contribution is 5.57. The number of rotatable bonds is 3. The molecule has 2 aromatic rings. The Balaban J connectivity index is 2.38. The van der Waals surface area contributed by atoms with Crippen molar-refractivity contribution in [3.8, 4) is 11.3 Å². The Labute approximate surface area is 101 Å². The Morgan fingerprint density at radius 1 is 1.35 bits per heavy atom. The van der Waals surface area contributed by atoms with Crippen LogP contribution in [0, 0.1) is 6.92 Å². The fraction of sp³-hybridized carbons (Fsp3) is 0.308. The lowest BCUT2D eigenvalue weighted by molar-refractivity contribution is 0.716. The van der Waals surface area contributed by atoms with Crippen LogP contribution in [0.15, 0.2) is 30.6 Å². The molecule has 0 amide bonds. The first-order chi connectivity index (χ1) is 8.15. The third-order valence-electron chi connectivity index (χ3n) is 2.38. The van der Waals surface area contributed by atoms with Gasteiger partial charge in [0.2, 0.25) is 0 Å². The Morgan fingerprint density at radius 2 is 2.18 bits per heavy atom. The number of aryl methyl sites for hydroxylation is 1. The Kier molecular flexibility index (Phi) is 3.44. The van der Waals surface area contributed by atoms with Crippen molar-refractivity contribution in [3.05, 3.63) is 42.1 Å². The summed E-state index contributed by atoms with van der Waals surface area (Å²) in [5.41, 5.74) is 8.68. The van der Waals surface area contributed by atoms with E-state index in [1.54, 1.807) is 12.4 Å². The summed E-state index contributed by atoms with van der Waals surface area (Å²) in [5.74, 6) is 0.766. The zero-order chi connectivity index (χ0) is 12.3. The first-order valence-electron chi connectivity index (χ1n) is 5.65. The van der Waals surface area contributed by atoms with Crippen molar-refractivity contribution in [2.45, 2.75) is 26.3 Å². The average Bonchev–Trinajstić information content (AvgIpc) is 2.28. The molecule has 0 aromatic carbocycles. The van der Waals surface area contributed by atoms with Gasteiger partial charge >= 0.3 is 0 Å². The maximum atomic E-state index is 5.79. The first kappa shape index (κ1) is 11.7. The summed E-state index contributed by atoms with van der Waals surface area (Å²) in [7, 11) is 0. The molecule has 0 aliphatic carbocycles. The molecule has 0 fully saturated rings. The normalized spacial score (nSPS) is 12.4. The van der Waals surface area contributed by atoms with Gasteiger partial charge in [-0.25, -0.2) is 9.97 Å². The molecule has 0 saturated heterocycles. The van der Waals surface area contributed by atoms with Gasteiger partial charge in [0, 0.05) is 36.1 Å². The molecule has 0 aliphatic rings. The Hall–Kier alpha value is -1.81. The number of hydrogen-bond acceptors (Lipinski definition) is 4. The van der Waals surface area contributed by atoms with Gasteiger partial charge in [-0.15, -0.1) is 0 Å². The number of nitrogens with zero attached hydrogens (tertiary/aromatic N) is 3. The molecule has 1 atom stereocenters. The minimum atomic E-state index is 0.103. The summed E-state index contributed by atoms with van der Waals surface area (Å²) in [6.07, 6.45) is 4.31. The van der Waals surface area contributed by atoms with Gasteiger partial charge in [-0.1, -0.05) is 0 Å². The van der Waals surface area contributed by atoms with E-state index in [2.05, 4.69) is 15.0 Å². The highest BCUT2D eigenvalue weighted by Gasteiger charge is 2.06. The molecule has 0 aliphatic heterocycles. The van der Waals surface area contributed by atoms with Gasteiger partial charge in [0.25, 0.3) is 0 Å². The topological polar surface area (TPSA) is 64.7 Å². The van der Waals surface area contributed by atoms with E-state index in [1.807, 2.05) is 32.0 Å². The van der Waals surface area contributed by atoms with Crippen LogP contribution in [0.2, 0.25) is 0 Å². The van der Waals surface area contributed by atoms with Crippen LogP contribution in [-0.2, 0) is 6.42 Å². The third-order valence-corrected chi connectivity index (χ3v) is 2.38. The van der Waals surface area contributed by atoms with E-state index >= 15 is 0 Å². The molecule has 0 bridgehead atoms. The molecule has 88 valence electrons. The number of pyridine rings is 1. The fourth-order valence-corrected chi connectivity index (χ4v) is 1.73. The number of nitrogens with two attached hydrogens (primary N) is 1. The fourth-order valence-electron chi connectivity index (χ4n) is 1.73. The second-order valence-electron chi connectivity index (χ2n) is 4.21. The lowest BCUT2D eigenvalue weighted by Gasteiger charge is -2.07. The summed E-state index contributed by atoms with van der Waals surface area (Å²) < 4.78 is 0. The van der Waals surface area contributed by atoms with Gasteiger partial charge < -0.3 is 5.73 Å². The predicted octanol–water partition coefficient (Wildman–Crippen LogP) is 1.74. The van der Waals surface area contributed by atoms with Gasteiger partial charge in [-0.05, 0) is 32.0 Å². The van der Waals surface area contributed by atoms with Crippen LogP contribution in [-0.4, -0.2) is 21.0 Å². The zero-order valence-corrected chi connectivity index (χ0v) is 10.1. The maximum Gasteiger partial charge on any atom is 0.126 e. The molecule has 0 radical (unpaired) electrons. The van der Waals surface area contributed by atoms with Crippen LogP contribution in [0.25, 0.3) is 11.3 Å². The summed E-state index contributed by atoms with van der Waals surface area (Å²) in [6.45, 7) is 3.87. The van der Waals surface area contributed by atoms with E-state index in [4.69, 9.17) is 5.73 Å². The molecule has 4 heteroatoms. The quantitative estimate of drug-likeness (QED) is 0.869. The Bertz CT molecular complexity index is 494. The lowest BCUT2D eigenvalue weighted by Crippen LogP contribution is -2.19. The molecule has 2 rings (SSSR count). The molecule has 17 heavy (non-hydrogen) atoms. The summed E-state index contributed by atoms with van der Waals surface area (Å²) >= 11 is 0. The van der Waals surface area contributed by atoms with Crippen molar-refractivity contribution in [2.24, 2.45) is 5.73 Å². The summed E-state index contributed by atoms with van der Waals surface area (Å²) in [6, 6.07) is 5.97. The monoisotopic (exact) mass is 228 g/mol. The molecule has 2 aromatic heterocycles. The molecule has 1 unspecified atom stereocenters. The zero-order valence-electron chi connectivity index (χ0n) is 10.1. The van der Waals surface area contributed by atoms with Crippen LogP contribution in [0.4, 0.5) is 0 Å². The average molecular weight is 228 g/mol. The van der Waals surface area contributed by atoms with E-state index in [1.165, 1.54) is 0 Å². The molecule has 4 nitrogen and oxygen atoms in total. The van der Waals surface area contributed by atoms with Crippen molar-refractivity contribution in [1.29, 1.82) is 0 Å². The maximum absolute atomic E-state index is 5.79. The van der Waals surface area contributed by atoms with E-state index in [0.29, 0.717) is 0 Å². The van der Waals surface area contributed by atoms with E-state index < -0.39 is 0 Å². The standard InChI is InChI=1S/C13H16N4/c1-9(14)6-12-7-13(17-10(2)16-12)11-4-3-5-15-8-11/h3-5,7-9H,6,14H2,1-2H3. The highest BCUT2D eigenvalue weighted by Crippen LogP contribution is 2.16. The molecular formula is C13H16N4. The van der Waals surface area contributed by atoms with Gasteiger partial charge in [0.15, 0.2) is 0 Å². The largest absolute Gasteiger partial charge is 0.328 e. The summed E-state index contributed by atoms with van der Waals surface area (Å²) in [5, 5.41) is 0. The van der Waals surface area contributed by atoms with Crippen molar-refractivity contribution < 1.29 is 0 Å². The van der Waals surface area contributed by atoms with Crippen molar-refractivity contribution >= 4 is 0 Å². The summed E-state index contributed by atoms with van der Waals surface area (Å²) in [4.78, 5) is 12.9. The minimum Gasteiger partial charge on any atom is -0.328 e. The second kappa shape index (κ2) is 5.01. The third kappa shape index (κ3) is 3.07. The van der Waals surface area contributed by atoms with Gasteiger partial charge in [0.1, 0.15) is 5.82 Å². The van der Waals surface area contributed by atoms with Crippen molar-refractivity contribution in [1.82, 2.24) is 15.0 Å². The van der Waals surface area contributed by atoms with Gasteiger partial charge in [0.05, 0.1) is 5.69 Å². The minimum absolute atomic E-state index is 0.103. The molecule has 2 heterocycles. The van der Waals surface area contributed by atoms with Crippen molar-refractivity contribution in [2.75, 3.05) is 0 Å². The predicted molar refractivity (Wildman–Crippen MR) is 67.4 cm³/mol. The van der Waals surface area contributed by atoms with E-state index in [-0.39, 0.29) is 6.04 Å². The second-order valence-corrected chi connectivity index (χ2v) is 4.21. The van der Waals surface area contributed by atoms with Crippen LogP contribution in [0.3, 0.4) is 0 Å². The van der Waals surface area contributed by atoms with Crippen molar-refractivity contribution in [3.63, 3.8) is 0 Å². The van der Waals surface area contributed by atoms with Crippen LogP contribution in [0.1, 0.15) is 18.4 Å². The molecule has 0 spiro atoms. The first-order valence-corrected chi connectivity index (χ1v) is 5.65. The smallest absolute Gasteiger partial charge is 0.126 e. The van der Waals surface area contributed by atoms with Crippen LogP contribution >= 0.6 is 0 Å². The molecular weight excluding hydrogens is 212 g/mol. The number of aromatic nitrogens is 3. The lowest BCUT2D eigenvalue weighted by atomic mass is 10.1.